The number of nitro groups is 1. The van der Waals surface area contributed by atoms with E-state index < -0.39 is 0 Å². The molecule has 0 amide bonds. The molecule has 0 bridgehead atoms. The zero-order valence-electron chi connectivity index (χ0n) is 13.6. The van der Waals surface area contributed by atoms with E-state index in [2.05, 4.69) is 4.90 Å². The summed E-state index contributed by atoms with van der Waals surface area (Å²) in [5.74, 6) is 0.332. The average molecular weight is 320 g/mol. The van der Waals surface area contributed by atoms with Gasteiger partial charge in [-0.2, -0.15) is 0 Å². The Morgan fingerprint density at radius 3 is 2.61 bits per heavy atom. The van der Waals surface area contributed by atoms with Crippen molar-refractivity contribution in [1.82, 2.24) is 4.90 Å². The second-order valence-electron chi connectivity index (χ2n) is 6.52. The van der Waals surface area contributed by atoms with E-state index in [1.165, 1.54) is 20.0 Å². The van der Waals surface area contributed by atoms with Crippen LogP contribution < -0.4 is 4.74 Å². The largest absolute Gasteiger partial charge is 0.490 e. The maximum absolute atomic E-state index is 11.3. The summed E-state index contributed by atoms with van der Waals surface area (Å²) in [6, 6.07) is 5.48. The van der Waals surface area contributed by atoms with Crippen LogP contribution in [0.25, 0.3) is 0 Å². The molecule has 0 aromatic heterocycles. The van der Waals surface area contributed by atoms with Crippen LogP contribution in [0.15, 0.2) is 18.2 Å². The fourth-order valence-corrected chi connectivity index (χ4v) is 3.94. The van der Waals surface area contributed by atoms with Gasteiger partial charge in [-0.3, -0.25) is 15.0 Å². The Morgan fingerprint density at radius 1 is 1.30 bits per heavy atom. The number of ether oxygens (including phenoxy) is 2. The first-order valence-electron chi connectivity index (χ1n) is 8.28. The molecule has 2 fully saturated rings. The summed E-state index contributed by atoms with van der Waals surface area (Å²) in [7, 11) is 1.47. The number of hydrogen-bond donors (Lipinski definition) is 0. The molecule has 3 rings (SSSR count). The van der Waals surface area contributed by atoms with Gasteiger partial charge in [-0.15, -0.1) is 0 Å². The highest BCUT2D eigenvalue weighted by Crippen LogP contribution is 2.44. The van der Waals surface area contributed by atoms with Crippen LogP contribution in [0.2, 0.25) is 0 Å². The maximum atomic E-state index is 11.3. The van der Waals surface area contributed by atoms with Gasteiger partial charge in [0.2, 0.25) is 0 Å². The Kier molecular flexibility index (Phi) is 4.82. The molecule has 0 N–H and O–H groups in total. The number of nitro benzene ring substituents is 1. The van der Waals surface area contributed by atoms with Crippen LogP contribution in [0.3, 0.4) is 0 Å². The van der Waals surface area contributed by atoms with Crippen molar-refractivity contribution < 1.29 is 14.4 Å². The predicted octanol–water partition coefficient (Wildman–Crippen LogP) is 2.75. The van der Waals surface area contributed by atoms with Gasteiger partial charge in [0.25, 0.3) is 0 Å². The Hall–Kier alpha value is -1.66. The smallest absolute Gasteiger partial charge is 0.311 e. The van der Waals surface area contributed by atoms with Crippen LogP contribution in [-0.4, -0.2) is 49.8 Å². The minimum atomic E-state index is -0.348. The van der Waals surface area contributed by atoms with E-state index in [1.807, 2.05) is 6.07 Å². The van der Waals surface area contributed by atoms with E-state index in [1.54, 1.807) is 12.1 Å². The SMILES string of the molecule is COc1ccc(C2(CN3CCOCC3)CCCC2)cc1[N+](=O)[O-]. The van der Waals surface area contributed by atoms with Gasteiger partial charge in [-0.05, 0) is 24.5 Å². The summed E-state index contributed by atoms with van der Waals surface area (Å²) in [5.41, 5.74) is 1.17. The molecule has 126 valence electrons. The number of nitrogens with zero attached hydrogens (tertiary/aromatic N) is 2. The van der Waals surface area contributed by atoms with Crippen LogP contribution in [-0.2, 0) is 10.2 Å². The van der Waals surface area contributed by atoms with Crippen molar-refractivity contribution in [2.45, 2.75) is 31.1 Å². The van der Waals surface area contributed by atoms with E-state index >= 15 is 0 Å². The molecule has 1 aliphatic carbocycles. The Bertz CT molecular complexity index is 564. The molecule has 2 aliphatic rings. The number of rotatable bonds is 5. The molecule has 0 spiro atoms. The first-order chi connectivity index (χ1) is 11.1. The second-order valence-corrected chi connectivity index (χ2v) is 6.52. The molecule has 1 aromatic carbocycles. The van der Waals surface area contributed by atoms with Crippen LogP contribution in [0, 0.1) is 10.1 Å². The number of hydrogen-bond acceptors (Lipinski definition) is 5. The molecular formula is C17H24N2O4. The van der Waals surface area contributed by atoms with Crippen molar-refractivity contribution in [1.29, 1.82) is 0 Å². The van der Waals surface area contributed by atoms with Crippen molar-refractivity contribution >= 4 is 5.69 Å². The highest BCUT2D eigenvalue weighted by Gasteiger charge is 2.38. The van der Waals surface area contributed by atoms with Gasteiger partial charge in [-0.25, -0.2) is 0 Å². The van der Waals surface area contributed by atoms with E-state index in [0.29, 0.717) is 5.75 Å². The molecule has 1 saturated carbocycles. The zero-order chi connectivity index (χ0) is 16.3. The molecule has 1 saturated heterocycles. The van der Waals surface area contributed by atoms with Gasteiger partial charge in [0.1, 0.15) is 0 Å². The lowest BCUT2D eigenvalue weighted by molar-refractivity contribution is -0.385. The molecule has 0 atom stereocenters. The van der Waals surface area contributed by atoms with E-state index in [9.17, 15) is 10.1 Å². The standard InChI is InChI=1S/C17H24N2O4/c1-22-16-5-4-14(12-15(16)19(20)21)17(6-2-3-7-17)13-18-8-10-23-11-9-18/h4-5,12H,2-3,6-11,13H2,1H3. The van der Waals surface area contributed by atoms with Gasteiger partial charge in [0.15, 0.2) is 5.75 Å². The number of morpholine rings is 1. The molecule has 6 nitrogen and oxygen atoms in total. The molecule has 1 aliphatic heterocycles. The first-order valence-corrected chi connectivity index (χ1v) is 8.28. The summed E-state index contributed by atoms with van der Waals surface area (Å²) in [6.07, 6.45) is 4.55. The van der Waals surface area contributed by atoms with E-state index in [-0.39, 0.29) is 16.0 Å². The third-order valence-electron chi connectivity index (χ3n) is 5.18. The molecule has 0 unspecified atom stereocenters. The third kappa shape index (κ3) is 3.33. The van der Waals surface area contributed by atoms with Gasteiger partial charge in [0, 0.05) is 31.1 Å². The predicted molar refractivity (Wildman–Crippen MR) is 87.1 cm³/mol. The number of benzene rings is 1. The van der Waals surface area contributed by atoms with Crippen molar-refractivity contribution in [3.63, 3.8) is 0 Å². The Labute approximate surface area is 136 Å². The fraction of sp³-hybridized carbons (Fsp3) is 0.647. The molecule has 1 heterocycles. The Morgan fingerprint density at radius 2 is 2.00 bits per heavy atom. The van der Waals surface area contributed by atoms with Crippen molar-refractivity contribution in [3.05, 3.63) is 33.9 Å². The quantitative estimate of drug-likeness (QED) is 0.616. The summed E-state index contributed by atoms with van der Waals surface area (Å²) in [4.78, 5) is 13.4. The highest BCUT2D eigenvalue weighted by atomic mass is 16.6. The van der Waals surface area contributed by atoms with Gasteiger partial charge in [-0.1, -0.05) is 18.9 Å². The zero-order valence-corrected chi connectivity index (χ0v) is 13.6. The average Bonchev–Trinajstić information content (AvgIpc) is 3.04. The molecular weight excluding hydrogens is 296 g/mol. The van der Waals surface area contributed by atoms with Crippen molar-refractivity contribution in [2.75, 3.05) is 40.0 Å². The van der Waals surface area contributed by atoms with Gasteiger partial charge < -0.3 is 9.47 Å². The fourth-order valence-electron chi connectivity index (χ4n) is 3.94. The topological polar surface area (TPSA) is 64.8 Å². The van der Waals surface area contributed by atoms with Crippen LogP contribution in [0.1, 0.15) is 31.2 Å². The number of methoxy groups -OCH3 is 1. The lowest BCUT2D eigenvalue weighted by Gasteiger charge is -2.37. The second kappa shape index (κ2) is 6.84. The molecule has 0 radical (unpaired) electrons. The minimum absolute atomic E-state index is 0.0222. The lowest BCUT2D eigenvalue weighted by Crippen LogP contribution is -2.44. The normalized spacial score (nSPS) is 21.3. The van der Waals surface area contributed by atoms with Gasteiger partial charge in [0.05, 0.1) is 25.2 Å². The third-order valence-corrected chi connectivity index (χ3v) is 5.18. The van der Waals surface area contributed by atoms with Crippen LogP contribution in [0.4, 0.5) is 5.69 Å². The van der Waals surface area contributed by atoms with Gasteiger partial charge >= 0.3 is 5.69 Å². The monoisotopic (exact) mass is 320 g/mol. The Balaban J connectivity index is 1.91. The molecule has 6 heteroatoms. The summed E-state index contributed by atoms with van der Waals surface area (Å²) in [6.45, 7) is 4.40. The maximum Gasteiger partial charge on any atom is 0.311 e. The van der Waals surface area contributed by atoms with Crippen LogP contribution >= 0.6 is 0 Å². The summed E-state index contributed by atoms with van der Waals surface area (Å²) < 4.78 is 10.6. The highest BCUT2D eigenvalue weighted by molar-refractivity contribution is 5.50. The van der Waals surface area contributed by atoms with E-state index in [4.69, 9.17) is 9.47 Å². The van der Waals surface area contributed by atoms with Crippen molar-refractivity contribution in [2.24, 2.45) is 0 Å². The first kappa shape index (κ1) is 16.2. The van der Waals surface area contributed by atoms with Crippen LogP contribution in [0.5, 0.6) is 5.75 Å². The lowest BCUT2D eigenvalue weighted by atomic mass is 9.78. The minimum Gasteiger partial charge on any atom is -0.490 e. The summed E-state index contributed by atoms with van der Waals surface area (Å²) in [5, 5.41) is 11.3. The molecule has 23 heavy (non-hydrogen) atoms. The molecule has 1 aromatic rings. The van der Waals surface area contributed by atoms with E-state index in [0.717, 1.165) is 51.3 Å². The van der Waals surface area contributed by atoms with Crippen molar-refractivity contribution in [3.8, 4) is 5.75 Å². The summed E-state index contributed by atoms with van der Waals surface area (Å²) >= 11 is 0.